The number of hydrogen-bond acceptors (Lipinski definition) is 2. The molecular weight excluding hydrogens is 224 g/mol. The second kappa shape index (κ2) is 4.26. The molecule has 0 spiro atoms. The quantitative estimate of drug-likeness (QED) is 0.879. The molecular formula is C13H17F2NO. The summed E-state index contributed by atoms with van der Waals surface area (Å²) in [5.74, 6) is -2.27. The molecule has 0 bridgehead atoms. The maximum absolute atomic E-state index is 14.4. The molecule has 1 aromatic rings. The average Bonchev–Trinajstić information content (AvgIpc) is 2.28. The van der Waals surface area contributed by atoms with E-state index in [1.54, 1.807) is 12.1 Å². The molecule has 0 amide bonds. The van der Waals surface area contributed by atoms with Gasteiger partial charge < -0.3 is 10.5 Å². The zero-order valence-corrected chi connectivity index (χ0v) is 9.88. The molecule has 2 rings (SSSR count). The molecule has 1 fully saturated rings. The van der Waals surface area contributed by atoms with E-state index < -0.39 is 11.3 Å². The Kier molecular flexibility index (Phi) is 3.08. The van der Waals surface area contributed by atoms with E-state index >= 15 is 0 Å². The molecule has 0 aromatic heterocycles. The highest BCUT2D eigenvalue weighted by Crippen LogP contribution is 2.56. The summed E-state index contributed by atoms with van der Waals surface area (Å²) in [7, 11) is 1.51. The van der Waals surface area contributed by atoms with Crippen molar-refractivity contribution < 1.29 is 13.5 Å². The van der Waals surface area contributed by atoms with E-state index in [2.05, 4.69) is 0 Å². The summed E-state index contributed by atoms with van der Waals surface area (Å²) in [5.41, 5.74) is 4.53. The Balaban J connectivity index is 2.30. The van der Waals surface area contributed by atoms with Gasteiger partial charge in [-0.3, -0.25) is 0 Å². The number of ether oxygens (including phenoxy) is 1. The maximum atomic E-state index is 14.4. The van der Waals surface area contributed by atoms with Crippen LogP contribution in [0.3, 0.4) is 0 Å². The molecule has 4 heteroatoms. The lowest BCUT2D eigenvalue weighted by molar-refractivity contribution is -0.164. The predicted octanol–water partition coefficient (Wildman–Crippen LogP) is 2.92. The van der Waals surface area contributed by atoms with Crippen LogP contribution in [-0.4, -0.2) is 13.7 Å². The SMILES string of the molecule is COc1ccc(C(F)(F)C2(CN)CCC2)cc1. The van der Waals surface area contributed by atoms with Gasteiger partial charge in [-0.2, -0.15) is 0 Å². The van der Waals surface area contributed by atoms with Gasteiger partial charge in [-0.1, -0.05) is 6.42 Å². The maximum Gasteiger partial charge on any atom is 0.279 e. The highest BCUT2D eigenvalue weighted by molar-refractivity contribution is 5.31. The highest BCUT2D eigenvalue weighted by atomic mass is 19.3. The number of hydrogen-bond donors (Lipinski definition) is 1. The molecule has 17 heavy (non-hydrogen) atoms. The topological polar surface area (TPSA) is 35.2 Å². The minimum Gasteiger partial charge on any atom is -0.497 e. The van der Waals surface area contributed by atoms with Crippen molar-refractivity contribution in [2.75, 3.05) is 13.7 Å². The van der Waals surface area contributed by atoms with Crippen LogP contribution in [0.5, 0.6) is 5.75 Å². The molecule has 0 atom stereocenters. The Labute approximate surface area is 99.8 Å². The lowest BCUT2D eigenvalue weighted by atomic mass is 9.63. The van der Waals surface area contributed by atoms with Crippen LogP contribution >= 0.6 is 0 Å². The Hall–Kier alpha value is -1.16. The van der Waals surface area contributed by atoms with Gasteiger partial charge in [-0.25, -0.2) is 8.78 Å². The zero-order valence-electron chi connectivity index (χ0n) is 9.88. The Morgan fingerprint density at radius 1 is 1.29 bits per heavy atom. The van der Waals surface area contributed by atoms with Gasteiger partial charge in [-0.05, 0) is 37.1 Å². The van der Waals surface area contributed by atoms with E-state index in [9.17, 15) is 8.78 Å². The standard InChI is InChI=1S/C13H17F2NO/c1-17-11-5-3-10(4-6-11)13(14,15)12(9-16)7-2-8-12/h3-6H,2,7-9,16H2,1H3. The van der Waals surface area contributed by atoms with Crippen molar-refractivity contribution in [3.8, 4) is 5.75 Å². The smallest absolute Gasteiger partial charge is 0.279 e. The van der Waals surface area contributed by atoms with E-state index in [0.29, 0.717) is 18.6 Å². The van der Waals surface area contributed by atoms with Crippen LogP contribution in [-0.2, 0) is 5.92 Å². The van der Waals surface area contributed by atoms with Crippen LogP contribution in [0.2, 0.25) is 0 Å². The van der Waals surface area contributed by atoms with Gasteiger partial charge in [0.15, 0.2) is 0 Å². The number of halogens is 2. The van der Waals surface area contributed by atoms with Gasteiger partial charge in [0, 0.05) is 12.1 Å². The van der Waals surface area contributed by atoms with Crippen molar-refractivity contribution in [3.63, 3.8) is 0 Å². The van der Waals surface area contributed by atoms with Crippen molar-refractivity contribution in [1.82, 2.24) is 0 Å². The normalized spacial score (nSPS) is 18.6. The van der Waals surface area contributed by atoms with Crippen LogP contribution in [0.1, 0.15) is 24.8 Å². The highest BCUT2D eigenvalue weighted by Gasteiger charge is 2.56. The number of alkyl halides is 2. The summed E-state index contributed by atoms with van der Waals surface area (Å²) in [6.45, 7) is 0.0338. The second-order valence-corrected chi connectivity index (χ2v) is 4.64. The van der Waals surface area contributed by atoms with Crippen molar-refractivity contribution in [2.24, 2.45) is 11.1 Å². The van der Waals surface area contributed by atoms with Crippen LogP contribution in [0.15, 0.2) is 24.3 Å². The Bertz CT molecular complexity index is 379. The first-order valence-electron chi connectivity index (χ1n) is 5.78. The van der Waals surface area contributed by atoms with Crippen LogP contribution in [0, 0.1) is 5.41 Å². The van der Waals surface area contributed by atoms with E-state index in [4.69, 9.17) is 10.5 Å². The fourth-order valence-corrected chi connectivity index (χ4v) is 2.36. The van der Waals surface area contributed by atoms with Gasteiger partial charge >= 0.3 is 0 Å². The summed E-state index contributed by atoms with van der Waals surface area (Å²) in [6.07, 6.45) is 1.84. The van der Waals surface area contributed by atoms with Crippen molar-refractivity contribution >= 4 is 0 Å². The molecule has 0 unspecified atom stereocenters. The van der Waals surface area contributed by atoms with Crippen LogP contribution < -0.4 is 10.5 Å². The summed E-state index contributed by atoms with van der Waals surface area (Å²) in [5, 5.41) is 0. The molecule has 2 nitrogen and oxygen atoms in total. The molecule has 2 N–H and O–H groups in total. The van der Waals surface area contributed by atoms with Crippen molar-refractivity contribution in [2.45, 2.75) is 25.2 Å². The van der Waals surface area contributed by atoms with Crippen LogP contribution in [0.25, 0.3) is 0 Å². The third-order valence-corrected chi connectivity index (χ3v) is 3.82. The monoisotopic (exact) mass is 241 g/mol. The molecule has 94 valence electrons. The van der Waals surface area contributed by atoms with Gasteiger partial charge in [0.2, 0.25) is 0 Å². The van der Waals surface area contributed by atoms with E-state index in [-0.39, 0.29) is 12.1 Å². The van der Waals surface area contributed by atoms with Gasteiger partial charge in [-0.15, -0.1) is 0 Å². The first kappa shape index (κ1) is 12.3. The third kappa shape index (κ3) is 1.80. The molecule has 1 aliphatic rings. The van der Waals surface area contributed by atoms with Gasteiger partial charge in [0.25, 0.3) is 5.92 Å². The minimum absolute atomic E-state index is 0.0310. The summed E-state index contributed by atoms with van der Waals surface area (Å²) >= 11 is 0. The number of rotatable bonds is 4. The summed E-state index contributed by atoms with van der Waals surface area (Å²) in [4.78, 5) is 0. The molecule has 1 aromatic carbocycles. The van der Waals surface area contributed by atoms with Gasteiger partial charge in [0.1, 0.15) is 5.75 Å². The molecule has 0 aliphatic heterocycles. The van der Waals surface area contributed by atoms with Crippen molar-refractivity contribution in [1.29, 1.82) is 0 Å². The third-order valence-electron chi connectivity index (χ3n) is 3.82. The first-order chi connectivity index (χ1) is 8.05. The predicted molar refractivity (Wildman–Crippen MR) is 62.2 cm³/mol. The lowest BCUT2D eigenvalue weighted by Crippen LogP contribution is -2.49. The van der Waals surface area contributed by atoms with Crippen molar-refractivity contribution in [3.05, 3.63) is 29.8 Å². The fraction of sp³-hybridized carbons (Fsp3) is 0.538. The number of nitrogens with two attached hydrogens (primary N) is 1. The molecule has 0 saturated heterocycles. The summed E-state index contributed by atoms with van der Waals surface area (Å²) in [6, 6.07) is 5.97. The number of benzene rings is 1. The molecule has 0 heterocycles. The molecule has 0 radical (unpaired) electrons. The molecule has 1 aliphatic carbocycles. The van der Waals surface area contributed by atoms with E-state index in [1.165, 1.54) is 19.2 Å². The number of methoxy groups -OCH3 is 1. The van der Waals surface area contributed by atoms with E-state index in [1.807, 2.05) is 0 Å². The van der Waals surface area contributed by atoms with Crippen LogP contribution in [0.4, 0.5) is 8.78 Å². The Morgan fingerprint density at radius 2 is 1.88 bits per heavy atom. The average molecular weight is 241 g/mol. The lowest BCUT2D eigenvalue weighted by Gasteiger charge is -2.46. The molecule has 1 saturated carbocycles. The van der Waals surface area contributed by atoms with E-state index in [0.717, 1.165) is 6.42 Å². The zero-order chi connectivity index (χ0) is 12.5. The summed E-state index contributed by atoms with van der Waals surface area (Å²) < 4.78 is 33.7. The fourth-order valence-electron chi connectivity index (χ4n) is 2.36. The second-order valence-electron chi connectivity index (χ2n) is 4.64. The largest absolute Gasteiger partial charge is 0.497 e. The Morgan fingerprint density at radius 3 is 2.24 bits per heavy atom. The van der Waals surface area contributed by atoms with Gasteiger partial charge in [0.05, 0.1) is 12.5 Å². The first-order valence-corrected chi connectivity index (χ1v) is 5.78. The minimum atomic E-state index is -2.85.